The molecule has 1 aromatic heterocycles. The molecule has 1 aliphatic heterocycles. The smallest absolute Gasteiger partial charge is 0.254 e. The fourth-order valence-electron chi connectivity index (χ4n) is 4.95. The van der Waals surface area contributed by atoms with E-state index >= 15 is 0 Å². The van der Waals surface area contributed by atoms with Crippen LogP contribution in [0.1, 0.15) is 27.9 Å². The first-order valence-electron chi connectivity index (χ1n) is 12.7. The zero-order valence-corrected chi connectivity index (χ0v) is 21.1. The molecule has 6 heteroatoms. The Kier molecular flexibility index (Phi) is 7.23. The second-order valence-electron chi connectivity index (χ2n) is 9.53. The van der Waals surface area contributed by atoms with Gasteiger partial charge in [0.1, 0.15) is 5.69 Å². The maximum Gasteiger partial charge on any atom is 0.254 e. The molecule has 36 heavy (non-hydrogen) atoms. The van der Waals surface area contributed by atoms with Crippen molar-refractivity contribution >= 4 is 22.5 Å². The van der Waals surface area contributed by atoms with Crippen molar-refractivity contribution in [2.24, 2.45) is 0 Å². The molecule has 1 amide bonds. The number of rotatable bonds is 7. The lowest BCUT2D eigenvalue weighted by atomic mass is 10.0. The van der Waals surface area contributed by atoms with E-state index in [0.717, 1.165) is 55.6 Å². The molecule has 0 atom stereocenters. The number of anilines is 1. The summed E-state index contributed by atoms with van der Waals surface area (Å²) in [6, 6.07) is 24.2. The van der Waals surface area contributed by atoms with Gasteiger partial charge < -0.3 is 10.2 Å². The number of nitrogens with one attached hydrogen (secondary N) is 1. The first-order valence-corrected chi connectivity index (χ1v) is 12.7. The molecule has 0 aliphatic carbocycles. The van der Waals surface area contributed by atoms with E-state index in [4.69, 9.17) is 0 Å². The molecule has 1 fully saturated rings. The van der Waals surface area contributed by atoms with Crippen molar-refractivity contribution in [3.8, 4) is 11.3 Å². The predicted molar refractivity (Wildman–Crippen MR) is 146 cm³/mol. The van der Waals surface area contributed by atoms with Gasteiger partial charge in [-0.15, -0.1) is 10.2 Å². The SMILES string of the molecule is Cc1ccc(C)c(N2CCN(CCCNC(=O)c3c(-c4ccccc4)nnc4ccccc34)CC2)c1. The van der Waals surface area contributed by atoms with Gasteiger partial charge in [0.2, 0.25) is 0 Å². The molecule has 0 spiro atoms. The molecule has 5 rings (SSSR count). The summed E-state index contributed by atoms with van der Waals surface area (Å²) in [5.74, 6) is -0.0975. The molecule has 184 valence electrons. The Hall–Kier alpha value is -3.77. The van der Waals surface area contributed by atoms with E-state index in [-0.39, 0.29) is 5.91 Å². The number of piperazine rings is 1. The van der Waals surface area contributed by atoms with Crippen molar-refractivity contribution < 1.29 is 4.79 Å². The standard InChI is InChI=1S/C30H33N5O/c1-22-13-14-23(2)27(21-22)35-19-17-34(18-20-35)16-8-15-31-30(36)28-25-11-6-7-12-26(25)32-33-29(28)24-9-4-3-5-10-24/h3-7,9-14,21H,8,15-20H2,1-2H3,(H,31,36). The first kappa shape index (κ1) is 23.9. The van der Waals surface area contributed by atoms with Crippen molar-refractivity contribution in [2.75, 3.05) is 44.2 Å². The fraction of sp³-hybridized carbons (Fsp3) is 0.300. The van der Waals surface area contributed by atoms with Gasteiger partial charge in [0.15, 0.2) is 0 Å². The molecule has 0 bridgehead atoms. The predicted octanol–water partition coefficient (Wildman–Crippen LogP) is 4.86. The van der Waals surface area contributed by atoms with Crippen LogP contribution in [-0.4, -0.2) is 60.3 Å². The van der Waals surface area contributed by atoms with Crippen LogP contribution in [0.4, 0.5) is 5.69 Å². The minimum absolute atomic E-state index is 0.0975. The fourth-order valence-corrected chi connectivity index (χ4v) is 4.95. The highest BCUT2D eigenvalue weighted by atomic mass is 16.1. The van der Waals surface area contributed by atoms with E-state index in [0.29, 0.717) is 17.8 Å². The number of benzene rings is 3. The van der Waals surface area contributed by atoms with Crippen LogP contribution in [0.2, 0.25) is 0 Å². The zero-order chi connectivity index (χ0) is 24.9. The van der Waals surface area contributed by atoms with Crippen molar-refractivity contribution in [3.63, 3.8) is 0 Å². The summed E-state index contributed by atoms with van der Waals surface area (Å²) >= 11 is 0. The summed E-state index contributed by atoms with van der Waals surface area (Å²) < 4.78 is 0. The molecule has 2 heterocycles. The van der Waals surface area contributed by atoms with E-state index in [9.17, 15) is 4.79 Å². The first-order chi connectivity index (χ1) is 17.6. The molecule has 1 saturated heterocycles. The number of carbonyl (C=O) groups is 1. The Morgan fingerprint density at radius 1 is 0.889 bits per heavy atom. The molecule has 0 saturated carbocycles. The van der Waals surface area contributed by atoms with Crippen molar-refractivity contribution in [2.45, 2.75) is 20.3 Å². The number of hydrogen-bond acceptors (Lipinski definition) is 5. The number of amides is 1. The lowest BCUT2D eigenvalue weighted by Gasteiger charge is -2.37. The average Bonchev–Trinajstić information content (AvgIpc) is 2.92. The Labute approximate surface area is 213 Å². The van der Waals surface area contributed by atoms with Crippen LogP contribution < -0.4 is 10.2 Å². The number of carbonyl (C=O) groups excluding carboxylic acids is 1. The van der Waals surface area contributed by atoms with E-state index in [1.807, 2.05) is 54.6 Å². The maximum atomic E-state index is 13.4. The van der Waals surface area contributed by atoms with E-state index in [1.54, 1.807) is 0 Å². The van der Waals surface area contributed by atoms with E-state index in [2.05, 4.69) is 57.4 Å². The number of hydrogen-bond donors (Lipinski definition) is 1. The second kappa shape index (κ2) is 10.9. The molecule has 6 nitrogen and oxygen atoms in total. The third-order valence-electron chi connectivity index (χ3n) is 6.96. The summed E-state index contributed by atoms with van der Waals surface area (Å²) in [5.41, 5.74) is 6.83. The summed E-state index contributed by atoms with van der Waals surface area (Å²) in [4.78, 5) is 18.3. The van der Waals surface area contributed by atoms with Gasteiger partial charge in [0.25, 0.3) is 5.91 Å². The molecule has 1 N–H and O–H groups in total. The highest BCUT2D eigenvalue weighted by Crippen LogP contribution is 2.27. The van der Waals surface area contributed by atoms with Crippen molar-refractivity contribution in [1.82, 2.24) is 20.4 Å². The van der Waals surface area contributed by atoms with Crippen LogP contribution in [-0.2, 0) is 0 Å². The van der Waals surface area contributed by atoms with Crippen LogP contribution >= 0.6 is 0 Å². The van der Waals surface area contributed by atoms with Gasteiger partial charge in [-0.25, -0.2) is 0 Å². The average molecular weight is 480 g/mol. The quantitative estimate of drug-likeness (QED) is 0.384. The van der Waals surface area contributed by atoms with Crippen LogP contribution in [0.25, 0.3) is 22.2 Å². The van der Waals surface area contributed by atoms with Gasteiger partial charge in [0.05, 0.1) is 11.1 Å². The zero-order valence-electron chi connectivity index (χ0n) is 21.1. The molecular weight excluding hydrogens is 446 g/mol. The number of fused-ring (bicyclic) bond motifs is 1. The number of nitrogens with zero attached hydrogens (tertiary/aromatic N) is 4. The minimum atomic E-state index is -0.0975. The molecule has 4 aromatic rings. The molecule has 3 aromatic carbocycles. The molecule has 0 unspecified atom stereocenters. The summed E-state index contributed by atoms with van der Waals surface area (Å²) in [7, 11) is 0. The van der Waals surface area contributed by atoms with Gasteiger partial charge >= 0.3 is 0 Å². The lowest BCUT2D eigenvalue weighted by Crippen LogP contribution is -2.47. The Morgan fingerprint density at radius 3 is 2.44 bits per heavy atom. The van der Waals surface area contributed by atoms with Gasteiger partial charge in [-0.1, -0.05) is 60.7 Å². The van der Waals surface area contributed by atoms with Crippen LogP contribution in [0.5, 0.6) is 0 Å². The van der Waals surface area contributed by atoms with Gasteiger partial charge in [-0.2, -0.15) is 0 Å². The Bertz CT molecular complexity index is 1350. The summed E-state index contributed by atoms with van der Waals surface area (Å²) in [5, 5.41) is 12.7. The monoisotopic (exact) mass is 479 g/mol. The summed E-state index contributed by atoms with van der Waals surface area (Å²) in [6.45, 7) is 10.1. The van der Waals surface area contributed by atoms with E-state index < -0.39 is 0 Å². The third kappa shape index (κ3) is 5.24. The Morgan fingerprint density at radius 2 is 1.64 bits per heavy atom. The van der Waals surface area contributed by atoms with Gasteiger partial charge in [-0.05, 0) is 50.1 Å². The van der Waals surface area contributed by atoms with E-state index in [1.165, 1.54) is 16.8 Å². The van der Waals surface area contributed by atoms with Crippen LogP contribution in [0.3, 0.4) is 0 Å². The molecular formula is C30H33N5O. The van der Waals surface area contributed by atoms with Crippen molar-refractivity contribution in [3.05, 3.63) is 89.5 Å². The van der Waals surface area contributed by atoms with Crippen molar-refractivity contribution in [1.29, 1.82) is 0 Å². The molecule has 1 aliphatic rings. The van der Waals surface area contributed by atoms with Gasteiger partial charge in [0, 0.05) is 49.4 Å². The Balaban J connectivity index is 1.19. The van der Waals surface area contributed by atoms with Gasteiger partial charge in [-0.3, -0.25) is 9.69 Å². The highest BCUT2D eigenvalue weighted by Gasteiger charge is 2.20. The number of aryl methyl sites for hydroxylation is 2. The second-order valence-corrected chi connectivity index (χ2v) is 9.53. The topological polar surface area (TPSA) is 61.4 Å². The number of aromatic nitrogens is 2. The molecule has 0 radical (unpaired) electrons. The van der Waals surface area contributed by atoms with Crippen LogP contribution in [0, 0.1) is 13.8 Å². The minimum Gasteiger partial charge on any atom is -0.369 e. The lowest BCUT2D eigenvalue weighted by molar-refractivity contribution is 0.0953. The maximum absolute atomic E-state index is 13.4. The normalized spacial score (nSPS) is 14.2. The van der Waals surface area contributed by atoms with Crippen LogP contribution in [0.15, 0.2) is 72.8 Å². The highest BCUT2D eigenvalue weighted by molar-refractivity contribution is 6.10. The summed E-state index contributed by atoms with van der Waals surface area (Å²) in [6.07, 6.45) is 0.909. The third-order valence-corrected chi connectivity index (χ3v) is 6.96. The largest absolute Gasteiger partial charge is 0.369 e.